The second kappa shape index (κ2) is 5.03. The van der Waals surface area contributed by atoms with Gasteiger partial charge in [0.15, 0.2) is 0 Å². The molecule has 1 fully saturated rings. The Hall–Kier alpha value is -2.09. The number of hydrogen-bond acceptors (Lipinski definition) is 1. The lowest BCUT2D eigenvalue weighted by Gasteiger charge is -2.54. The first-order valence-corrected chi connectivity index (χ1v) is 7.43. The van der Waals surface area contributed by atoms with E-state index in [0.29, 0.717) is 0 Å². The first-order valence-electron chi connectivity index (χ1n) is 7.43. The number of benzene rings is 2. The van der Waals surface area contributed by atoms with Gasteiger partial charge in [0.25, 0.3) is 0 Å². The van der Waals surface area contributed by atoms with Crippen molar-refractivity contribution in [3.63, 3.8) is 0 Å². The summed E-state index contributed by atoms with van der Waals surface area (Å²) in [6.07, 6.45) is 0. The molecule has 2 aromatic carbocycles. The van der Waals surface area contributed by atoms with Gasteiger partial charge in [-0.2, -0.15) is 0 Å². The number of β-lactam (4-membered cyclic amide) rings is 1. The van der Waals surface area contributed by atoms with E-state index in [4.69, 9.17) is 0 Å². The number of carbonyl (C=O) groups excluding carboxylic acids is 1. The van der Waals surface area contributed by atoms with Crippen LogP contribution in [0.3, 0.4) is 0 Å². The zero-order valence-corrected chi connectivity index (χ0v) is 12.8. The smallest absolute Gasteiger partial charge is 0.233 e. The lowest BCUT2D eigenvalue weighted by Crippen LogP contribution is -2.60. The number of rotatable bonds is 2. The number of likely N-dealkylation sites (tertiary alicyclic amines) is 1. The quantitative estimate of drug-likeness (QED) is 0.756. The largest absolute Gasteiger partial charge is 0.329 e. The third-order valence-electron chi connectivity index (χ3n) is 4.12. The van der Waals surface area contributed by atoms with Gasteiger partial charge in [-0.25, -0.2) is 0 Å². The summed E-state index contributed by atoms with van der Waals surface area (Å²) in [7, 11) is 0. The van der Waals surface area contributed by atoms with Crippen LogP contribution in [0.2, 0.25) is 0 Å². The summed E-state index contributed by atoms with van der Waals surface area (Å²) in [6, 6.07) is 20.6. The first kappa shape index (κ1) is 13.9. The molecule has 1 aliphatic rings. The molecule has 1 aliphatic heterocycles. The molecule has 0 saturated carbocycles. The molecule has 2 atom stereocenters. The van der Waals surface area contributed by atoms with Gasteiger partial charge in [-0.1, -0.05) is 60.7 Å². The number of amides is 1. The summed E-state index contributed by atoms with van der Waals surface area (Å²) in [5.74, 6) is 0.162. The molecule has 0 spiro atoms. The van der Waals surface area contributed by atoms with Crippen molar-refractivity contribution in [1.29, 1.82) is 0 Å². The van der Waals surface area contributed by atoms with Crippen molar-refractivity contribution in [3.8, 4) is 0 Å². The van der Waals surface area contributed by atoms with Crippen molar-refractivity contribution in [2.24, 2.45) is 0 Å². The van der Waals surface area contributed by atoms with Gasteiger partial charge in [0.05, 0.1) is 12.0 Å². The Labute approximate surface area is 126 Å². The molecule has 0 radical (unpaired) electrons. The van der Waals surface area contributed by atoms with Crippen molar-refractivity contribution in [3.05, 3.63) is 71.8 Å². The minimum absolute atomic E-state index is 0.0622. The van der Waals surface area contributed by atoms with E-state index in [1.54, 1.807) is 0 Å². The Bertz CT molecular complexity index is 628. The zero-order valence-electron chi connectivity index (χ0n) is 12.8. The van der Waals surface area contributed by atoms with Gasteiger partial charge in [0.1, 0.15) is 0 Å². The molecule has 0 bridgehead atoms. The zero-order chi connectivity index (χ0) is 15.0. The Morgan fingerprint density at radius 2 is 1.29 bits per heavy atom. The molecule has 2 aromatic rings. The molecule has 1 amide bonds. The van der Waals surface area contributed by atoms with Gasteiger partial charge in [-0.3, -0.25) is 4.79 Å². The first-order chi connectivity index (χ1) is 10.00. The van der Waals surface area contributed by atoms with E-state index in [2.05, 4.69) is 45.0 Å². The van der Waals surface area contributed by atoms with Crippen molar-refractivity contribution in [2.75, 3.05) is 0 Å². The summed E-state index contributed by atoms with van der Waals surface area (Å²) in [5, 5.41) is 0. The average molecular weight is 279 g/mol. The maximum atomic E-state index is 12.7. The van der Waals surface area contributed by atoms with E-state index < -0.39 is 0 Å². The van der Waals surface area contributed by atoms with Crippen LogP contribution in [0.5, 0.6) is 0 Å². The molecule has 1 saturated heterocycles. The molecular weight excluding hydrogens is 258 g/mol. The van der Waals surface area contributed by atoms with Crippen molar-refractivity contribution in [2.45, 2.75) is 38.3 Å². The Balaban J connectivity index is 2.03. The molecule has 0 aliphatic carbocycles. The predicted molar refractivity (Wildman–Crippen MR) is 85.0 cm³/mol. The van der Waals surface area contributed by atoms with Crippen LogP contribution in [0.25, 0.3) is 0 Å². The van der Waals surface area contributed by atoms with Crippen LogP contribution in [-0.4, -0.2) is 16.3 Å². The molecule has 108 valence electrons. The molecule has 2 nitrogen and oxygen atoms in total. The second-order valence-corrected chi connectivity index (χ2v) is 6.62. The molecule has 1 heterocycles. The monoisotopic (exact) mass is 279 g/mol. The Kier molecular flexibility index (Phi) is 3.32. The summed E-state index contributed by atoms with van der Waals surface area (Å²) < 4.78 is 0. The highest BCUT2D eigenvalue weighted by atomic mass is 16.2. The van der Waals surface area contributed by atoms with Crippen LogP contribution >= 0.6 is 0 Å². The molecule has 0 aromatic heterocycles. The highest BCUT2D eigenvalue weighted by molar-refractivity contribution is 5.92. The highest BCUT2D eigenvalue weighted by Gasteiger charge is 2.52. The maximum absolute atomic E-state index is 12.7. The van der Waals surface area contributed by atoms with Gasteiger partial charge >= 0.3 is 0 Å². The van der Waals surface area contributed by atoms with E-state index in [-0.39, 0.29) is 23.4 Å². The summed E-state index contributed by atoms with van der Waals surface area (Å²) in [4.78, 5) is 14.7. The lowest BCUT2D eigenvalue weighted by molar-refractivity contribution is -0.159. The summed E-state index contributed by atoms with van der Waals surface area (Å²) in [5.41, 5.74) is 2.15. The van der Waals surface area contributed by atoms with Gasteiger partial charge in [0.2, 0.25) is 5.91 Å². The number of carbonyl (C=O) groups is 1. The van der Waals surface area contributed by atoms with E-state index in [9.17, 15) is 4.79 Å². The standard InChI is InChI=1S/C19H21NO/c1-19(2,3)20-17(15-12-8-5-9-13-15)16(18(20)21)14-10-6-4-7-11-14/h4-13,16-17H,1-3H3/t16-,17-/m0/s1. The minimum Gasteiger partial charge on any atom is -0.329 e. The molecule has 2 heteroatoms. The third-order valence-corrected chi connectivity index (χ3v) is 4.12. The van der Waals surface area contributed by atoms with Crippen LogP contribution in [0.15, 0.2) is 60.7 Å². The third kappa shape index (κ3) is 2.35. The molecule has 0 N–H and O–H groups in total. The van der Waals surface area contributed by atoms with Gasteiger partial charge in [0, 0.05) is 5.54 Å². The van der Waals surface area contributed by atoms with Crippen molar-refractivity contribution < 1.29 is 4.79 Å². The molecule has 0 unspecified atom stereocenters. The van der Waals surface area contributed by atoms with Crippen LogP contribution in [-0.2, 0) is 4.79 Å². The van der Waals surface area contributed by atoms with Crippen molar-refractivity contribution >= 4 is 5.91 Å². The fraction of sp³-hybridized carbons (Fsp3) is 0.316. The van der Waals surface area contributed by atoms with E-state index in [1.165, 1.54) is 5.56 Å². The van der Waals surface area contributed by atoms with Crippen molar-refractivity contribution in [1.82, 2.24) is 4.90 Å². The molecule has 21 heavy (non-hydrogen) atoms. The maximum Gasteiger partial charge on any atom is 0.233 e. The van der Waals surface area contributed by atoms with E-state index in [0.717, 1.165) is 5.56 Å². The van der Waals surface area contributed by atoms with Gasteiger partial charge in [-0.05, 0) is 31.9 Å². The topological polar surface area (TPSA) is 20.3 Å². The molecule has 3 rings (SSSR count). The summed E-state index contributed by atoms with van der Waals surface area (Å²) in [6.45, 7) is 6.30. The average Bonchev–Trinajstić information content (AvgIpc) is 2.45. The van der Waals surface area contributed by atoms with Crippen LogP contribution in [0, 0.1) is 0 Å². The Morgan fingerprint density at radius 1 is 0.810 bits per heavy atom. The van der Waals surface area contributed by atoms with Gasteiger partial charge < -0.3 is 4.90 Å². The highest BCUT2D eigenvalue weighted by Crippen LogP contribution is 2.49. The van der Waals surface area contributed by atoms with Gasteiger partial charge in [-0.15, -0.1) is 0 Å². The fourth-order valence-electron chi connectivity index (χ4n) is 3.21. The second-order valence-electron chi connectivity index (χ2n) is 6.62. The number of nitrogens with zero attached hydrogens (tertiary/aromatic N) is 1. The normalized spacial score (nSPS) is 22.0. The summed E-state index contributed by atoms with van der Waals surface area (Å²) >= 11 is 0. The van der Waals surface area contributed by atoms with E-state index >= 15 is 0 Å². The molecular formula is C19H21NO. The SMILES string of the molecule is CC(C)(C)N1C(=O)[C@@H](c2ccccc2)[C@@H]1c1ccccc1. The minimum atomic E-state index is -0.164. The predicted octanol–water partition coefficient (Wildman–Crippen LogP) is 4.15. The van der Waals surface area contributed by atoms with Crippen LogP contribution in [0.4, 0.5) is 0 Å². The van der Waals surface area contributed by atoms with Crippen LogP contribution < -0.4 is 0 Å². The van der Waals surface area contributed by atoms with E-state index in [1.807, 2.05) is 41.3 Å². The number of hydrogen-bond donors (Lipinski definition) is 0. The fourth-order valence-corrected chi connectivity index (χ4v) is 3.21. The lowest BCUT2D eigenvalue weighted by atomic mass is 9.75. The Morgan fingerprint density at radius 3 is 1.76 bits per heavy atom. The van der Waals surface area contributed by atoms with Crippen LogP contribution in [0.1, 0.15) is 43.9 Å².